The normalized spacial score (nSPS) is 43.5. The van der Waals surface area contributed by atoms with E-state index in [4.69, 9.17) is 4.99 Å². The van der Waals surface area contributed by atoms with Crippen LogP contribution in [0.5, 0.6) is 0 Å². The van der Waals surface area contributed by atoms with Gasteiger partial charge in [0.15, 0.2) is 0 Å². The van der Waals surface area contributed by atoms with E-state index in [-0.39, 0.29) is 22.8 Å². The molecule has 3 heterocycles. The van der Waals surface area contributed by atoms with Crippen molar-refractivity contribution < 1.29 is 4.79 Å². The highest BCUT2D eigenvalue weighted by Crippen LogP contribution is 2.60. The van der Waals surface area contributed by atoms with E-state index in [0.717, 1.165) is 31.6 Å². The molecule has 0 spiro atoms. The summed E-state index contributed by atoms with van der Waals surface area (Å²) in [7, 11) is 0. The Bertz CT molecular complexity index is 709. The van der Waals surface area contributed by atoms with Crippen LogP contribution in [-0.4, -0.2) is 35.0 Å². The fourth-order valence-electron chi connectivity index (χ4n) is 5.72. The summed E-state index contributed by atoms with van der Waals surface area (Å²) in [5.74, 6) is 0.683. The Balaban J connectivity index is 1.86. The summed E-state index contributed by atoms with van der Waals surface area (Å²) in [6, 6.07) is 8.47. The maximum Gasteiger partial charge on any atom is 0.142 e. The highest BCUT2D eigenvalue weighted by Gasteiger charge is 2.69. The summed E-state index contributed by atoms with van der Waals surface area (Å²) >= 11 is 0. The van der Waals surface area contributed by atoms with Crippen LogP contribution >= 0.6 is 0 Å². The van der Waals surface area contributed by atoms with E-state index in [1.165, 1.54) is 11.3 Å². The molecule has 1 saturated carbocycles. The van der Waals surface area contributed by atoms with Crippen molar-refractivity contribution in [1.29, 1.82) is 0 Å². The molecule has 1 unspecified atom stereocenters. The summed E-state index contributed by atoms with van der Waals surface area (Å²) in [5.41, 5.74) is 3.42. The Hall–Kier alpha value is -1.48. The average molecular weight is 280 g/mol. The quantitative estimate of drug-likeness (QED) is 0.732. The molecule has 3 fully saturated rings. The third kappa shape index (κ3) is 1.08. The number of carbonyl (C=O) groups is 1. The Morgan fingerprint density at radius 1 is 1.29 bits per heavy atom. The zero-order chi connectivity index (χ0) is 14.4. The van der Waals surface area contributed by atoms with Crippen molar-refractivity contribution in [2.75, 3.05) is 13.1 Å². The number of para-hydroxylation sites is 1. The average Bonchev–Trinajstić information content (AvgIpc) is 3.03. The number of rotatable bonds is 0. The maximum absolute atomic E-state index is 13.1. The van der Waals surface area contributed by atoms with E-state index in [0.29, 0.717) is 5.78 Å². The van der Waals surface area contributed by atoms with Crippen LogP contribution in [0.1, 0.15) is 32.3 Å². The number of hydrogen-bond donors (Lipinski definition) is 0. The number of piperidine rings is 1. The number of aliphatic imine (C=N–C) groups is 1. The molecule has 0 amide bonds. The number of nitrogens with zero attached hydrogens (tertiary/aromatic N) is 2. The molecule has 21 heavy (non-hydrogen) atoms. The van der Waals surface area contributed by atoms with Crippen LogP contribution in [0.25, 0.3) is 0 Å². The summed E-state index contributed by atoms with van der Waals surface area (Å²) in [6.45, 7) is 6.56. The molecule has 2 saturated heterocycles. The van der Waals surface area contributed by atoms with Gasteiger partial charge in [0, 0.05) is 23.8 Å². The topological polar surface area (TPSA) is 32.7 Å². The highest BCUT2D eigenvalue weighted by molar-refractivity contribution is 6.16. The van der Waals surface area contributed by atoms with Crippen LogP contribution in [-0.2, 0) is 10.2 Å². The minimum absolute atomic E-state index is 0.0678. The predicted molar refractivity (Wildman–Crippen MR) is 82.1 cm³/mol. The van der Waals surface area contributed by atoms with E-state index < -0.39 is 0 Å². The number of ketones is 1. The van der Waals surface area contributed by atoms with Gasteiger partial charge in [-0.15, -0.1) is 0 Å². The fraction of sp³-hybridized carbons (Fsp3) is 0.556. The lowest BCUT2D eigenvalue weighted by molar-refractivity contribution is -0.132. The molecule has 108 valence electrons. The molecule has 2 bridgehead atoms. The summed E-state index contributed by atoms with van der Waals surface area (Å²) in [5, 5.41) is 0. The predicted octanol–water partition coefficient (Wildman–Crippen LogP) is 2.71. The smallest absolute Gasteiger partial charge is 0.142 e. The number of Topliss-reactive ketones (excluding diaryl/α,β-unsaturated/α-hetero) is 1. The first-order valence-corrected chi connectivity index (χ1v) is 8.08. The third-order valence-corrected chi connectivity index (χ3v) is 6.83. The lowest BCUT2D eigenvalue weighted by atomic mass is 9.51. The van der Waals surface area contributed by atoms with Crippen molar-refractivity contribution in [2.45, 2.75) is 37.6 Å². The molecule has 3 aliphatic heterocycles. The second-order valence-electron chi connectivity index (χ2n) is 7.30. The second kappa shape index (κ2) is 3.46. The summed E-state index contributed by atoms with van der Waals surface area (Å²) < 4.78 is 0. The van der Waals surface area contributed by atoms with Crippen LogP contribution in [0.15, 0.2) is 29.3 Å². The van der Waals surface area contributed by atoms with E-state index in [2.05, 4.69) is 43.0 Å². The minimum Gasteiger partial charge on any atom is -0.299 e. The van der Waals surface area contributed by atoms with Gasteiger partial charge in [0.1, 0.15) is 5.78 Å². The SMILES string of the molecule is C[C@H]1C(=O)[C@H]2CCN3CCC14C(=Nc1ccccc14)[C@@]23C. The molecule has 0 N–H and O–H groups in total. The molecule has 3 heteroatoms. The Kier molecular flexibility index (Phi) is 2.00. The van der Waals surface area contributed by atoms with Crippen LogP contribution < -0.4 is 0 Å². The van der Waals surface area contributed by atoms with Gasteiger partial charge in [-0.3, -0.25) is 14.7 Å². The molecule has 4 aliphatic rings. The number of carbonyl (C=O) groups excluding carboxylic acids is 1. The van der Waals surface area contributed by atoms with Crippen LogP contribution in [0.4, 0.5) is 5.69 Å². The molecule has 1 aromatic carbocycles. The molecule has 4 atom stereocenters. The maximum atomic E-state index is 13.1. The van der Waals surface area contributed by atoms with Crippen LogP contribution in [0, 0.1) is 11.8 Å². The zero-order valence-corrected chi connectivity index (χ0v) is 12.6. The highest BCUT2D eigenvalue weighted by atomic mass is 16.1. The molecule has 0 radical (unpaired) electrons. The number of hydrogen-bond acceptors (Lipinski definition) is 3. The first-order chi connectivity index (χ1) is 10.1. The van der Waals surface area contributed by atoms with Crippen molar-refractivity contribution in [2.24, 2.45) is 16.8 Å². The van der Waals surface area contributed by atoms with E-state index in [9.17, 15) is 4.79 Å². The van der Waals surface area contributed by atoms with Gasteiger partial charge in [0.2, 0.25) is 0 Å². The van der Waals surface area contributed by atoms with E-state index in [1.54, 1.807) is 0 Å². The third-order valence-electron chi connectivity index (χ3n) is 6.83. The molecular formula is C18H20N2O. The molecular weight excluding hydrogens is 260 g/mol. The molecule has 3 nitrogen and oxygen atoms in total. The number of benzene rings is 1. The van der Waals surface area contributed by atoms with Crippen molar-refractivity contribution in [3.63, 3.8) is 0 Å². The Morgan fingerprint density at radius 3 is 2.95 bits per heavy atom. The van der Waals surface area contributed by atoms with Crippen LogP contribution in [0.2, 0.25) is 0 Å². The summed E-state index contributed by atoms with van der Waals surface area (Å²) in [6.07, 6.45) is 2.04. The van der Waals surface area contributed by atoms with Crippen molar-refractivity contribution in [1.82, 2.24) is 4.90 Å². The van der Waals surface area contributed by atoms with Gasteiger partial charge in [-0.05, 0) is 37.9 Å². The molecule has 1 aromatic rings. The standard InChI is InChI=1S/C18H20N2O/c1-11-15(21)13-7-9-20-10-8-18(11)12-5-3-4-6-14(12)19-16(18)17(13,20)2/h3-6,11,13H,7-10H2,1-2H3/t11-,13+,17+,18?/m0/s1. The van der Waals surface area contributed by atoms with Gasteiger partial charge in [-0.2, -0.15) is 0 Å². The monoisotopic (exact) mass is 280 g/mol. The zero-order valence-electron chi connectivity index (χ0n) is 12.6. The first-order valence-electron chi connectivity index (χ1n) is 8.08. The fourth-order valence-corrected chi connectivity index (χ4v) is 5.72. The first kappa shape index (κ1) is 12.1. The van der Waals surface area contributed by atoms with Gasteiger partial charge in [-0.1, -0.05) is 25.1 Å². The lowest BCUT2D eigenvalue weighted by Gasteiger charge is -2.57. The van der Waals surface area contributed by atoms with Crippen molar-refractivity contribution >= 4 is 17.2 Å². The second-order valence-corrected chi connectivity index (χ2v) is 7.30. The van der Waals surface area contributed by atoms with Gasteiger partial charge in [-0.25, -0.2) is 0 Å². The van der Waals surface area contributed by atoms with Gasteiger partial charge >= 0.3 is 0 Å². The van der Waals surface area contributed by atoms with Gasteiger partial charge in [0.05, 0.1) is 16.9 Å². The number of fused-ring (bicyclic) bond motifs is 1. The molecule has 5 rings (SSSR count). The van der Waals surface area contributed by atoms with Gasteiger partial charge in [0.25, 0.3) is 0 Å². The van der Waals surface area contributed by atoms with Gasteiger partial charge < -0.3 is 0 Å². The van der Waals surface area contributed by atoms with E-state index >= 15 is 0 Å². The Morgan fingerprint density at radius 2 is 2.10 bits per heavy atom. The van der Waals surface area contributed by atoms with Crippen molar-refractivity contribution in [3.05, 3.63) is 29.8 Å². The molecule has 1 aliphatic carbocycles. The Labute approximate surface area is 125 Å². The van der Waals surface area contributed by atoms with Crippen LogP contribution in [0.3, 0.4) is 0 Å². The molecule has 0 aromatic heterocycles. The lowest BCUT2D eigenvalue weighted by Crippen LogP contribution is -2.70. The van der Waals surface area contributed by atoms with Crippen molar-refractivity contribution in [3.8, 4) is 0 Å². The summed E-state index contributed by atoms with van der Waals surface area (Å²) in [4.78, 5) is 20.7. The minimum atomic E-state index is -0.138. The van der Waals surface area contributed by atoms with E-state index in [1.807, 2.05) is 0 Å². The largest absolute Gasteiger partial charge is 0.299 e.